The van der Waals surface area contributed by atoms with Crippen LogP contribution in [0.1, 0.15) is 37.3 Å². The summed E-state index contributed by atoms with van der Waals surface area (Å²) in [5.41, 5.74) is 3.34. The quantitative estimate of drug-likeness (QED) is 0.800. The zero-order valence-corrected chi connectivity index (χ0v) is 16.6. The van der Waals surface area contributed by atoms with Crippen LogP contribution in [0.2, 0.25) is 0 Å². The zero-order valence-electron chi connectivity index (χ0n) is 15.8. The monoisotopic (exact) mass is 370 g/mol. The van der Waals surface area contributed by atoms with E-state index in [1.54, 1.807) is 18.9 Å². The van der Waals surface area contributed by atoms with Gasteiger partial charge in [0.05, 0.1) is 7.11 Å². The van der Waals surface area contributed by atoms with E-state index in [0.29, 0.717) is 0 Å². The minimum absolute atomic E-state index is 0.0506. The molecule has 138 valence electrons. The predicted molar refractivity (Wildman–Crippen MR) is 109 cm³/mol. The summed E-state index contributed by atoms with van der Waals surface area (Å²) in [5.74, 6) is 1.67. The first-order valence-corrected chi connectivity index (χ1v) is 9.87. The van der Waals surface area contributed by atoms with Crippen LogP contribution in [0.3, 0.4) is 0 Å². The molecule has 1 N–H and O–H groups in total. The highest BCUT2D eigenvalue weighted by Crippen LogP contribution is 2.39. The third-order valence-corrected chi connectivity index (χ3v) is 5.80. The summed E-state index contributed by atoms with van der Waals surface area (Å²) in [6.07, 6.45) is 0. The molecule has 1 fully saturated rings. The van der Waals surface area contributed by atoms with E-state index in [1.165, 1.54) is 11.1 Å². The van der Waals surface area contributed by atoms with E-state index in [0.717, 1.165) is 23.7 Å². The number of urea groups is 1. The number of nitrogens with one attached hydrogen (secondary N) is 1. The number of nitrogens with zero attached hydrogens (tertiary/aromatic N) is 1. The fraction of sp³-hybridized carbons (Fsp3) is 0.381. The second kappa shape index (κ2) is 7.62. The molecule has 1 saturated heterocycles. The Morgan fingerprint density at radius 2 is 1.92 bits per heavy atom. The Morgan fingerprint density at radius 1 is 1.19 bits per heavy atom. The Labute approximate surface area is 159 Å². The highest BCUT2D eigenvalue weighted by atomic mass is 32.2. The maximum atomic E-state index is 12.8. The van der Waals surface area contributed by atoms with Crippen molar-refractivity contribution in [3.8, 4) is 5.75 Å². The third kappa shape index (κ3) is 4.15. The number of amides is 2. The topological polar surface area (TPSA) is 41.6 Å². The third-order valence-electron chi connectivity index (χ3n) is 4.53. The summed E-state index contributed by atoms with van der Waals surface area (Å²) in [6, 6.07) is 16.0. The van der Waals surface area contributed by atoms with Gasteiger partial charge in [-0.25, -0.2) is 4.79 Å². The molecule has 0 saturated carbocycles. The first kappa shape index (κ1) is 18.6. The van der Waals surface area contributed by atoms with Gasteiger partial charge in [-0.1, -0.05) is 51.1 Å². The SMILES string of the molecule is COc1cccc(NC(=O)N2CCSC2c2ccc(C(C)(C)C)cc2)c1. The van der Waals surface area contributed by atoms with Gasteiger partial charge in [0, 0.05) is 24.1 Å². The Morgan fingerprint density at radius 3 is 2.58 bits per heavy atom. The van der Waals surface area contributed by atoms with E-state index in [2.05, 4.69) is 50.4 Å². The number of rotatable bonds is 3. The van der Waals surface area contributed by atoms with Gasteiger partial charge in [-0.05, 0) is 28.7 Å². The lowest BCUT2D eigenvalue weighted by Gasteiger charge is -2.25. The van der Waals surface area contributed by atoms with Crippen LogP contribution >= 0.6 is 11.8 Å². The lowest BCUT2D eigenvalue weighted by molar-refractivity contribution is 0.214. The Balaban J connectivity index is 1.74. The zero-order chi connectivity index (χ0) is 18.7. The molecule has 26 heavy (non-hydrogen) atoms. The maximum Gasteiger partial charge on any atom is 0.323 e. The van der Waals surface area contributed by atoms with Gasteiger partial charge in [0.25, 0.3) is 0 Å². The summed E-state index contributed by atoms with van der Waals surface area (Å²) in [5, 5.41) is 3.04. The molecule has 2 amide bonds. The van der Waals surface area contributed by atoms with Crippen molar-refractivity contribution in [2.45, 2.75) is 31.6 Å². The summed E-state index contributed by atoms with van der Waals surface area (Å²) in [6.45, 7) is 7.37. The highest BCUT2D eigenvalue weighted by molar-refractivity contribution is 7.99. The number of carbonyl (C=O) groups is 1. The fourth-order valence-electron chi connectivity index (χ4n) is 3.00. The summed E-state index contributed by atoms with van der Waals surface area (Å²) < 4.78 is 5.22. The van der Waals surface area contributed by atoms with Crippen molar-refractivity contribution in [1.82, 2.24) is 4.90 Å². The van der Waals surface area contributed by atoms with Crippen molar-refractivity contribution in [2.75, 3.05) is 24.7 Å². The molecule has 1 heterocycles. The molecule has 2 aromatic rings. The summed E-state index contributed by atoms with van der Waals surface area (Å²) in [7, 11) is 1.62. The number of anilines is 1. The van der Waals surface area contributed by atoms with Crippen molar-refractivity contribution < 1.29 is 9.53 Å². The molecule has 0 aromatic heterocycles. The molecule has 3 rings (SSSR count). The Hall–Kier alpha value is -2.14. The van der Waals surface area contributed by atoms with E-state index in [4.69, 9.17) is 4.74 Å². The molecular formula is C21H26N2O2S. The van der Waals surface area contributed by atoms with Crippen LogP contribution in [0.15, 0.2) is 48.5 Å². The number of benzene rings is 2. The van der Waals surface area contributed by atoms with Gasteiger partial charge >= 0.3 is 6.03 Å². The van der Waals surface area contributed by atoms with E-state index in [1.807, 2.05) is 29.2 Å². The molecule has 2 aromatic carbocycles. The van der Waals surface area contributed by atoms with Crippen LogP contribution in [-0.4, -0.2) is 30.3 Å². The molecule has 1 aliphatic rings. The van der Waals surface area contributed by atoms with Crippen molar-refractivity contribution >= 4 is 23.5 Å². The summed E-state index contributed by atoms with van der Waals surface area (Å²) >= 11 is 1.80. The van der Waals surface area contributed by atoms with E-state index < -0.39 is 0 Å². The van der Waals surface area contributed by atoms with Gasteiger partial charge in [-0.2, -0.15) is 0 Å². The molecule has 0 bridgehead atoms. The highest BCUT2D eigenvalue weighted by Gasteiger charge is 2.31. The standard InChI is InChI=1S/C21H26N2O2S/c1-21(2,3)16-10-8-15(9-11-16)19-23(12-13-26-19)20(24)22-17-6-5-7-18(14-17)25-4/h5-11,14,19H,12-13H2,1-4H3,(H,22,24). The number of ether oxygens (including phenoxy) is 1. The molecule has 0 spiro atoms. The Kier molecular flexibility index (Phi) is 5.47. The first-order valence-electron chi connectivity index (χ1n) is 8.82. The van der Waals surface area contributed by atoms with Crippen LogP contribution in [0.5, 0.6) is 5.75 Å². The lowest BCUT2D eigenvalue weighted by Crippen LogP contribution is -2.34. The number of hydrogen-bond acceptors (Lipinski definition) is 3. The van der Waals surface area contributed by atoms with E-state index in [-0.39, 0.29) is 16.8 Å². The van der Waals surface area contributed by atoms with Gasteiger partial charge in [-0.15, -0.1) is 11.8 Å². The van der Waals surface area contributed by atoms with Crippen LogP contribution in [0.4, 0.5) is 10.5 Å². The van der Waals surface area contributed by atoms with Gasteiger partial charge in [0.15, 0.2) is 0 Å². The van der Waals surface area contributed by atoms with Crippen molar-refractivity contribution in [3.63, 3.8) is 0 Å². The number of thioether (sulfide) groups is 1. The van der Waals surface area contributed by atoms with E-state index >= 15 is 0 Å². The van der Waals surface area contributed by atoms with Gasteiger partial charge in [0.2, 0.25) is 0 Å². The molecular weight excluding hydrogens is 344 g/mol. The average molecular weight is 371 g/mol. The van der Waals surface area contributed by atoms with Gasteiger partial charge in [0.1, 0.15) is 11.1 Å². The largest absolute Gasteiger partial charge is 0.497 e. The maximum absolute atomic E-state index is 12.8. The second-order valence-electron chi connectivity index (χ2n) is 7.45. The van der Waals surface area contributed by atoms with Crippen LogP contribution in [0.25, 0.3) is 0 Å². The lowest BCUT2D eigenvalue weighted by atomic mass is 9.87. The van der Waals surface area contributed by atoms with Crippen molar-refractivity contribution in [3.05, 3.63) is 59.7 Å². The molecule has 0 aliphatic carbocycles. The Bertz CT molecular complexity index is 768. The minimum atomic E-state index is -0.0758. The molecule has 1 aliphatic heterocycles. The van der Waals surface area contributed by atoms with Crippen LogP contribution in [0, 0.1) is 0 Å². The number of methoxy groups -OCH3 is 1. The summed E-state index contributed by atoms with van der Waals surface area (Å²) in [4.78, 5) is 14.7. The molecule has 0 radical (unpaired) electrons. The fourth-order valence-corrected chi connectivity index (χ4v) is 4.25. The molecule has 1 unspecified atom stereocenters. The minimum Gasteiger partial charge on any atom is -0.497 e. The first-order chi connectivity index (χ1) is 12.4. The second-order valence-corrected chi connectivity index (χ2v) is 8.64. The molecule has 5 heteroatoms. The molecule has 1 atom stereocenters. The van der Waals surface area contributed by atoms with Crippen molar-refractivity contribution in [2.24, 2.45) is 0 Å². The van der Waals surface area contributed by atoms with Gasteiger partial charge < -0.3 is 15.0 Å². The smallest absolute Gasteiger partial charge is 0.323 e. The average Bonchev–Trinajstić information content (AvgIpc) is 3.11. The van der Waals surface area contributed by atoms with Crippen LogP contribution < -0.4 is 10.1 Å². The van der Waals surface area contributed by atoms with Crippen molar-refractivity contribution in [1.29, 1.82) is 0 Å². The predicted octanol–water partition coefficient (Wildman–Crippen LogP) is 5.27. The van der Waals surface area contributed by atoms with Gasteiger partial charge in [-0.3, -0.25) is 0 Å². The van der Waals surface area contributed by atoms with Crippen LogP contribution in [-0.2, 0) is 5.41 Å². The number of carbonyl (C=O) groups excluding carboxylic acids is 1. The molecule has 4 nitrogen and oxygen atoms in total. The number of hydrogen-bond donors (Lipinski definition) is 1. The normalized spacial score (nSPS) is 17.2. The van der Waals surface area contributed by atoms with E-state index in [9.17, 15) is 4.79 Å².